The molecular formula is C15H22N4O2. The first-order valence-corrected chi connectivity index (χ1v) is 6.92. The van der Waals surface area contributed by atoms with E-state index in [-0.39, 0.29) is 0 Å². The lowest BCUT2D eigenvalue weighted by atomic mass is 10.1. The molecule has 21 heavy (non-hydrogen) atoms. The number of rotatable bonds is 6. The van der Waals surface area contributed by atoms with Gasteiger partial charge in [0.15, 0.2) is 5.82 Å². The maximum atomic E-state index is 6.18. The SMILES string of the molecule is CCOCC(C)(N)c1noc(-c2cccc(N(C)C)c2)n1. The van der Waals surface area contributed by atoms with Gasteiger partial charge >= 0.3 is 0 Å². The molecule has 6 nitrogen and oxygen atoms in total. The number of hydrogen-bond donors (Lipinski definition) is 1. The summed E-state index contributed by atoms with van der Waals surface area (Å²) in [4.78, 5) is 6.42. The summed E-state index contributed by atoms with van der Waals surface area (Å²) in [6.07, 6.45) is 0. The summed E-state index contributed by atoms with van der Waals surface area (Å²) < 4.78 is 10.7. The van der Waals surface area contributed by atoms with Crippen LogP contribution < -0.4 is 10.6 Å². The smallest absolute Gasteiger partial charge is 0.258 e. The zero-order valence-corrected chi connectivity index (χ0v) is 13.0. The second-order valence-electron chi connectivity index (χ2n) is 5.42. The number of aromatic nitrogens is 2. The highest BCUT2D eigenvalue weighted by molar-refractivity contribution is 5.61. The van der Waals surface area contributed by atoms with E-state index in [1.807, 2.05) is 57.1 Å². The summed E-state index contributed by atoms with van der Waals surface area (Å²) in [5, 5.41) is 3.99. The molecule has 1 unspecified atom stereocenters. The van der Waals surface area contributed by atoms with Gasteiger partial charge in [-0.25, -0.2) is 0 Å². The van der Waals surface area contributed by atoms with Crippen LogP contribution in [0.1, 0.15) is 19.7 Å². The van der Waals surface area contributed by atoms with Gasteiger partial charge in [0, 0.05) is 32.0 Å². The van der Waals surface area contributed by atoms with Crippen LogP contribution in [0.5, 0.6) is 0 Å². The van der Waals surface area contributed by atoms with Crippen molar-refractivity contribution >= 4 is 5.69 Å². The van der Waals surface area contributed by atoms with Crippen molar-refractivity contribution in [3.63, 3.8) is 0 Å². The first-order chi connectivity index (χ1) is 9.94. The molecule has 2 N–H and O–H groups in total. The summed E-state index contributed by atoms with van der Waals surface area (Å²) in [5.74, 6) is 0.906. The van der Waals surface area contributed by atoms with Gasteiger partial charge in [0.25, 0.3) is 5.89 Å². The van der Waals surface area contributed by atoms with Gasteiger partial charge in [-0.2, -0.15) is 4.98 Å². The monoisotopic (exact) mass is 290 g/mol. The molecule has 0 spiro atoms. The minimum atomic E-state index is -0.767. The standard InChI is InChI=1S/C15H22N4O2/c1-5-20-10-15(2,16)14-17-13(21-18-14)11-7-6-8-12(9-11)19(3)4/h6-9H,5,10,16H2,1-4H3. The fourth-order valence-electron chi connectivity index (χ4n) is 1.87. The van der Waals surface area contributed by atoms with Crippen molar-refractivity contribution < 1.29 is 9.26 Å². The van der Waals surface area contributed by atoms with Crippen molar-refractivity contribution in [1.82, 2.24) is 10.1 Å². The normalized spacial score (nSPS) is 14.0. The van der Waals surface area contributed by atoms with E-state index < -0.39 is 5.54 Å². The summed E-state index contributed by atoms with van der Waals surface area (Å²) >= 11 is 0. The Kier molecular flexibility index (Phi) is 4.59. The van der Waals surface area contributed by atoms with E-state index >= 15 is 0 Å². The van der Waals surface area contributed by atoms with Crippen LogP contribution in [0.4, 0.5) is 5.69 Å². The average Bonchev–Trinajstić information content (AvgIpc) is 2.96. The molecule has 2 aromatic rings. The van der Waals surface area contributed by atoms with Crippen molar-refractivity contribution in [2.45, 2.75) is 19.4 Å². The van der Waals surface area contributed by atoms with Crippen molar-refractivity contribution in [3.8, 4) is 11.5 Å². The zero-order valence-electron chi connectivity index (χ0n) is 13.0. The highest BCUT2D eigenvalue weighted by Gasteiger charge is 2.28. The van der Waals surface area contributed by atoms with Crippen LogP contribution in [-0.4, -0.2) is 37.4 Å². The third-order valence-electron chi connectivity index (χ3n) is 3.15. The molecule has 0 fully saturated rings. The Balaban J connectivity index is 2.25. The van der Waals surface area contributed by atoms with E-state index in [4.69, 9.17) is 15.0 Å². The quantitative estimate of drug-likeness (QED) is 0.877. The van der Waals surface area contributed by atoms with Gasteiger partial charge < -0.3 is 19.9 Å². The third-order valence-corrected chi connectivity index (χ3v) is 3.15. The van der Waals surface area contributed by atoms with Crippen LogP contribution in [0.2, 0.25) is 0 Å². The first kappa shape index (κ1) is 15.5. The van der Waals surface area contributed by atoms with Crippen molar-refractivity contribution in [3.05, 3.63) is 30.1 Å². The van der Waals surface area contributed by atoms with E-state index in [1.54, 1.807) is 0 Å². The highest BCUT2D eigenvalue weighted by atomic mass is 16.5. The van der Waals surface area contributed by atoms with Crippen LogP contribution in [0, 0.1) is 0 Å². The van der Waals surface area contributed by atoms with Crippen LogP contribution in [0.3, 0.4) is 0 Å². The molecule has 1 aromatic heterocycles. The predicted molar refractivity (Wildman–Crippen MR) is 82.1 cm³/mol. The van der Waals surface area contributed by atoms with Crippen molar-refractivity contribution in [2.75, 3.05) is 32.2 Å². The van der Waals surface area contributed by atoms with Gasteiger partial charge in [-0.15, -0.1) is 0 Å². The van der Waals surface area contributed by atoms with Gasteiger partial charge in [-0.05, 0) is 32.0 Å². The average molecular weight is 290 g/mol. The molecular weight excluding hydrogens is 268 g/mol. The molecule has 1 aromatic carbocycles. The molecule has 2 rings (SSSR count). The minimum Gasteiger partial charge on any atom is -0.379 e. The second kappa shape index (κ2) is 6.24. The van der Waals surface area contributed by atoms with Gasteiger partial charge in [-0.1, -0.05) is 11.2 Å². The third kappa shape index (κ3) is 3.59. The Morgan fingerprint density at radius 3 is 2.81 bits per heavy atom. The number of nitrogens with zero attached hydrogens (tertiary/aromatic N) is 3. The molecule has 0 radical (unpaired) electrons. The second-order valence-corrected chi connectivity index (χ2v) is 5.42. The van der Waals surface area contributed by atoms with Gasteiger partial charge in [0.2, 0.25) is 0 Å². The summed E-state index contributed by atoms with van der Waals surface area (Å²) in [6.45, 7) is 4.70. The van der Waals surface area contributed by atoms with E-state index in [1.165, 1.54) is 0 Å². The molecule has 1 heterocycles. The Morgan fingerprint density at radius 1 is 1.38 bits per heavy atom. The van der Waals surface area contributed by atoms with E-state index in [9.17, 15) is 0 Å². The van der Waals surface area contributed by atoms with Crippen molar-refractivity contribution in [1.29, 1.82) is 0 Å². The van der Waals surface area contributed by atoms with E-state index in [0.29, 0.717) is 24.9 Å². The van der Waals surface area contributed by atoms with Crippen LogP contribution in [0.15, 0.2) is 28.8 Å². The van der Waals surface area contributed by atoms with Crippen molar-refractivity contribution in [2.24, 2.45) is 5.73 Å². The molecule has 0 bridgehead atoms. The van der Waals surface area contributed by atoms with E-state index in [0.717, 1.165) is 11.3 Å². The molecule has 1 atom stereocenters. The Morgan fingerprint density at radius 2 is 2.14 bits per heavy atom. The lowest BCUT2D eigenvalue weighted by molar-refractivity contribution is 0.0962. The fourth-order valence-corrected chi connectivity index (χ4v) is 1.87. The molecule has 0 saturated heterocycles. The largest absolute Gasteiger partial charge is 0.379 e. The lowest BCUT2D eigenvalue weighted by Crippen LogP contribution is -2.39. The van der Waals surface area contributed by atoms with Crippen LogP contribution >= 0.6 is 0 Å². The number of anilines is 1. The first-order valence-electron chi connectivity index (χ1n) is 6.92. The fraction of sp³-hybridized carbons (Fsp3) is 0.467. The predicted octanol–water partition coefficient (Wildman–Crippen LogP) is 2.01. The molecule has 114 valence electrons. The maximum absolute atomic E-state index is 6.18. The summed E-state index contributed by atoms with van der Waals surface area (Å²) in [6, 6.07) is 7.90. The number of benzene rings is 1. The Labute approximate surface area is 124 Å². The van der Waals surface area contributed by atoms with Gasteiger partial charge in [0.05, 0.1) is 6.61 Å². The zero-order chi connectivity index (χ0) is 15.5. The Bertz CT molecular complexity index is 593. The number of hydrogen-bond acceptors (Lipinski definition) is 6. The van der Waals surface area contributed by atoms with Crippen LogP contribution in [0.25, 0.3) is 11.5 Å². The molecule has 0 aliphatic rings. The summed E-state index contributed by atoms with van der Waals surface area (Å²) in [7, 11) is 3.97. The molecule has 0 amide bonds. The molecule has 0 aliphatic heterocycles. The lowest BCUT2D eigenvalue weighted by Gasteiger charge is -2.19. The topological polar surface area (TPSA) is 77.4 Å². The molecule has 0 aliphatic carbocycles. The molecule has 6 heteroatoms. The number of nitrogens with two attached hydrogens (primary N) is 1. The Hall–Kier alpha value is -1.92. The van der Waals surface area contributed by atoms with Gasteiger partial charge in [-0.3, -0.25) is 0 Å². The maximum Gasteiger partial charge on any atom is 0.258 e. The summed E-state index contributed by atoms with van der Waals surface area (Å²) in [5.41, 5.74) is 7.34. The van der Waals surface area contributed by atoms with E-state index in [2.05, 4.69) is 10.1 Å². The molecule has 0 saturated carbocycles. The number of ether oxygens (including phenoxy) is 1. The van der Waals surface area contributed by atoms with Gasteiger partial charge in [0.1, 0.15) is 5.54 Å². The van der Waals surface area contributed by atoms with Crippen LogP contribution in [-0.2, 0) is 10.3 Å². The highest BCUT2D eigenvalue weighted by Crippen LogP contribution is 2.24. The minimum absolute atomic E-state index is 0.347.